The normalized spacial score (nSPS) is 25.2. The molecule has 0 bridgehead atoms. The minimum atomic E-state index is 0.0991. The molecule has 3 N–H and O–H groups in total. The van der Waals surface area contributed by atoms with Crippen molar-refractivity contribution in [2.75, 3.05) is 19.4 Å². The van der Waals surface area contributed by atoms with Gasteiger partial charge in [-0.05, 0) is 24.1 Å². The molecule has 2 atom stereocenters. The zero-order chi connectivity index (χ0) is 15.0. The van der Waals surface area contributed by atoms with Crippen molar-refractivity contribution in [2.45, 2.75) is 51.7 Å². The summed E-state index contributed by atoms with van der Waals surface area (Å²) in [7, 11) is 1.81. The number of nitrogens with one attached hydrogen (secondary N) is 1. The van der Waals surface area contributed by atoms with Gasteiger partial charge in [0.25, 0.3) is 0 Å². The van der Waals surface area contributed by atoms with Gasteiger partial charge in [-0.3, -0.25) is 0 Å². The monoisotopic (exact) mass is 276 g/mol. The van der Waals surface area contributed by atoms with Crippen LogP contribution >= 0.6 is 0 Å². The standard InChI is InChI=1S/C17H28N2O/c1-16(2,12-6-8-13(18)9-7-12)11-19-14-10-15(20-5)17(14,3)4/h6-9,14-15,19H,10-11,18H2,1-5H3. The van der Waals surface area contributed by atoms with Gasteiger partial charge in [-0.2, -0.15) is 0 Å². The highest BCUT2D eigenvalue weighted by molar-refractivity contribution is 5.41. The first-order valence-corrected chi connectivity index (χ1v) is 7.39. The van der Waals surface area contributed by atoms with E-state index in [0.717, 1.165) is 18.7 Å². The van der Waals surface area contributed by atoms with Gasteiger partial charge in [0.05, 0.1) is 6.10 Å². The summed E-state index contributed by atoms with van der Waals surface area (Å²) in [5, 5.41) is 3.72. The molecule has 3 heteroatoms. The summed E-state index contributed by atoms with van der Waals surface area (Å²) < 4.78 is 5.51. The van der Waals surface area contributed by atoms with E-state index in [4.69, 9.17) is 10.5 Å². The van der Waals surface area contributed by atoms with Gasteiger partial charge in [-0.15, -0.1) is 0 Å². The Balaban J connectivity index is 1.95. The maximum absolute atomic E-state index is 5.76. The number of methoxy groups -OCH3 is 1. The second kappa shape index (κ2) is 5.38. The highest BCUT2D eigenvalue weighted by Gasteiger charge is 2.48. The molecular weight excluding hydrogens is 248 g/mol. The van der Waals surface area contributed by atoms with Gasteiger partial charge >= 0.3 is 0 Å². The van der Waals surface area contributed by atoms with E-state index >= 15 is 0 Å². The van der Waals surface area contributed by atoms with E-state index in [9.17, 15) is 0 Å². The third-order valence-electron chi connectivity index (χ3n) is 4.94. The maximum atomic E-state index is 5.76. The quantitative estimate of drug-likeness (QED) is 0.813. The molecule has 2 rings (SSSR count). The SMILES string of the molecule is COC1CC(NCC(C)(C)c2ccc(N)cc2)C1(C)C. The van der Waals surface area contributed by atoms with Gasteiger partial charge < -0.3 is 15.8 Å². The topological polar surface area (TPSA) is 47.3 Å². The lowest BCUT2D eigenvalue weighted by Crippen LogP contribution is -2.61. The summed E-state index contributed by atoms with van der Waals surface area (Å²) in [6, 6.07) is 8.74. The molecule has 1 aromatic carbocycles. The number of nitrogens with two attached hydrogens (primary N) is 1. The lowest BCUT2D eigenvalue weighted by atomic mass is 9.64. The fraction of sp³-hybridized carbons (Fsp3) is 0.647. The van der Waals surface area contributed by atoms with E-state index in [1.807, 2.05) is 12.1 Å². The Hall–Kier alpha value is -1.06. The third kappa shape index (κ3) is 2.84. The van der Waals surface area contributed by atoms with Gasteiger partial charge in [-0.1, -0.05) is 39.8 Å². The fourth-order valence-corrected chi connectivity index (χ4v) is 3.05. The van der Waals surface area contributed by atoms with Crippen LogP contribution in [0.15, 0.2) is 24.3 Å². The molecule has 0 aromatic heterocycles. The van der Waals surface area contributed by atoms with E-state index in [0.29, 0.717) is 12.1 Å². The van der Waals surface area contributed by atoms with E-state index in [2.05, 4.69) is 45.1 Å². The predicted molar refractivity (Wildman–Crippen MR) is 84.9 cm³/mol. The van der Waals surface area contributed by atoms with Crippen LogP contribution in [0.2, 0.25) is 0 Å². The number of hydrogen-bond acceptors (Lipinski definition) is 3. The van der Waals surface area contributed by atoms with Crippen molar-refractivity contribution < 1.29 is 4.74 Å². The zero-order valence-corrected chi connectivity index (χ0v) is 13.4. The Bertz CT molecular complexity index is 451. The Kier molecular flexibility index (Phi) is 4.12. The molecule has 0 aliphatic heterocycles. The lowest BCUT2D eigenvalue weighted by Gasteiger charge is -2.52. The molecule has 3 nitrogen and oxygen atoms in total. The molecule has 112 valence electrons. The number of ether oxygens (including phenoxy) is 1. The molecule has 0 spiro atoms. The van der Waals surface area contributed by atoms with Crippen LogP contribution in [0, 0.1) is 5.41 Å². The van der Waals surface area contributed by atoms with Crippen molar-refractivity contribution in [2.24, 2.45) is 5.41 Å². The van der Waals surface area contributed by atoms with Crippen molar-refractivity contribution in [3.8, 4) is 0 Å². The van der Waals surface area contributed by atoms with E-state index in [-0.39, 0.29) is 10.8 Å². The Morgan fingerprint density at radius 2 is 1.90 bits per heavy atom. The van der Waals surface area contributed by atoms with Crippen molar-refractivity contribution in [3.05, 3.63) is 29.8 Å². The predicted octanol–water partition coefficient (Wildman–Crippen LogP) is 2.95. The molecular formula is C17H28N2O. The van der Waals surface area contributed by atoms with Crippen molar-refractivity contribution >= 4 is 5.69 Å². The fourth-order valence-electron chi connectivity index (χ4n) is 3.05. The van der Waals surface area contributed by atoms with Crippen LogP contribution in [0.1, 0.15) is 39.7 Å². The first-order chi connectivity index (χ1) is 9.27. The van der Waals surface area contributed by atoms with E-state index in [1.54, 1.807) is 7.11 Å². The van der Waals surface area contributed by atoms with Crippen LogP contribution in [0.4, 0.5) is 5.69 Å². The third-order valence-corrected chi connectivity index (χ3v) is 4.94. The van der Waals surface area contributed by atoms with Gasteiger partial charge in [0.1, 0.15) is 0 Å². The zero-order valence-electron chi connectivity index (χ0n) is 13.4. The summed E-state index contributed by atoms with van der Waals surface area (Å²) >= 11 is 0. The summed E-state index contributed by atoms with van der Waals surface area (Å²) in [5.41, 5.74) is 8.21. The highest BCUT2D eigenvalue weighted by atomic mass is 16.5. The maximum Gasteiger partial charge on any atom is 0.0652 e. The highest BCUT2D eigenvalue weighted by Crippen LogP contribution is 2.42. The van der Waals surface area contributed by atoms with Crippen LogP contribution in [-0.2, 0) is 10.2 Å². The molecule has 1 aliphatic carbocycles. The minimum Gasteiger partial charge on any atom is -0.399 e. The molecule has 1 fully saturated rings. The van der Waals surface area contributed by atoms with Crippen LogP contribution in [-0.4, -0.2) is 25.8 Å². The number of rotatable bonds is 5. The second-order valence-corrected chi connectivity index (χ2v) is 7.22. The van der Waals surface area contributed by atoms with Crippen LogP contribution in [0.5, 0.6) is 0 Å². The van der Waals surface area contributed by atoms with Crippen molar-refractivity contribution in [1.82, 2.24) is 5.32 Å². The smallest absolute Gasteiger partial charge is 0.0652 e. The van der Waals surface area contributed by atoms with Gasteiger partial charge in [0.2, 0.25) is 0 Å². The summed E-state index contributed by atoms with van der Waals surface area (Å²) in [6.45, 7) is 10.1. The first-order valence-electron chi connectivity index (χ1n) is 7.39. The van der Waals surface area contributed by atoms with Crippen molar-refractivity contribution in [1.29, 1.82) is 0 Å². The molecule has 1 aromatic rings. The Labute approximate surface area is 122 Å². The van der Waals surface area contributed by atoms with E-state index < -0.39 is 0 Å². The van der Waals surface area contributed by atoms with Crippen LogP contribution in [0.3, 0.4) is 0 Å². The molecule has 1 aliphatic rings. The van der Waals surface area contributed by atoms with Crippen LogP contribution < -0.4 is 11.1 Å². The molecule has 0 radical (unpaired) electrons. The number of hydrogen-bond donors (Lipinski definition) is 2. The second-order valence-electron chi connectivity index (χ2n) is 7.22. The Morgan fingerprint density at radius 1 is 1.30 bits per heavy atom. The molecule has 2 unspecified atom stereocenters. The number of nitrogen functional groups attached to an aromatic ring is 1. The molecule has 0 amide bonds. The summed E-state index contributed by atoms with van der Waals surface area (Å²) in [4.78, 5) is 0. The summed E-state index contributed by atoms with van der Waals surface area (Å²) in [5.74, 6) is 0. The van der Waals surface area contributed by atoms with Gasteiger partial charge in [0.15, 0.2) is 0 Å². The first kappa shape index (κ1) is 15.3. The summed E-state index contributed by atoms with van der Waals surface area (Å²) in [6.07, 6.45) is 1.47. The van der Waals surface area contributed by atoms with Crippen LogP contribution in [0.25, 0.3) is 0 Å². The van der Waals surface area contributed by atoms with Gasteiger partial charge in [-0.25, -0.2) is 0 Å². The van der Waals surface area contributed by atoms with Crippen molar-refractivity contribution in [3.63, 3.8) is 0 Å². The van der Waals surface area contributed by atoms with E-state index in [1.165, 1.54) is 5.56 Å². The number of benzene rings is 1. The average molecular weight is 276 g/mol. The lowest BCUT2D eigenvalue weighted by molar-refractivity contribution is -0.0982. The molecule has 0 heterocycles. The minimum absolute atomic E-state index is 0.0991. The Morgan fingerprint density at radius 3 is 2.40 bits per heavy atom. The number of anilines is 1. The van der Waals surface area contributed by atoms with Gasteiger partial charge in [0, 0.05) is 36.2 Å². The largest absolute Gasteiger partial charge is 0.399 e. The molecule has 1 saturated carbocycles. The molecule has 20 heavy (non-hydrogen) atoms. The average Bonchev–Trinajstić information content (AvgIpc) is 2.38. The molecule has 0 saturated heterocycles.